The number of aryl methyl sites for hydroxylation is 2. The Hall–Kier alpha value is -1.02. The van der Waals surface area contributed by atoms with Crippen LogP contribution in [0.2, 0.25) is 0 Å². The van der Waals surface area contributed by atoms with E-state index in [2.05, 4.69) is 59.0 Å². The third-order valence-corrected chi connectivity index (χ3v) is 4.03. The zero-order valence-electron chi connectivity index (χ0n) is 14.3. The summed E-state index contributed by atoms with van der Waals surface area (Å²) in [5.74, 6) is 0.985. The van der Waals surface area contributed by atoms with Gasteiger partial charge in [0.25, 0.3) is 0 Å². The average Bonchev–Trinajstić information content (AvgIpc) is 2.37. The van der Waals surface area contributed by atoms with Crippen LogP contribution in [0.15, 0.2) is 12.1 Å². The summed E-state index contributed by atoms with van der Waals surface area (Å²) in [7, 11) is 1.74. The molecular weight excluding hydrogens is 246 g/mol. The third kappa shape index (κ3) is 4.24. The standard InChI is InChI=1S/C18H31NO/c1-8-9-19-15(4)12-18(5,6)16-10-14(3)17(20-7)11-13(16)2/h10-11,15,19H,8-9,12H2,1-7H3. The van der Waals surface area contributed by atoms with Crippen molar-refractivity contribution in [3.63, 3.8) is 0 Å². The summed E-state index contributed by atoms with van der Waals surface area (Å²) in [4.78, 5) is 0. The highest BCUT2D eigenvalue weighted by atomic mass is 16.5. The molecule has 0 saturated heterocycles. The second-order valence-electron chi connectivity index (χ2n) is 6.58. The molecule has 1 rings (SSSR count). The molecule has 1 atom stereocenters. The Labute approximate surface area is 124 Å². The minimum absolute atomic E-state index is 0.168. The zero-order chi connectivity index (χ0) is 15.3. The van der Waals surface area contributed by atoms with Gasteiger partial charge in [-0.05, 0) is 68.3 Å². The number of ether oxygens (including phenoxy) is 1. The van der Waals surface area contributed by atoms with Gasteiger partial charge in [-0.1, -0.05) is 26.8 Å². The maximum atomic E-state index is 5.42. The van der Waals surface area contributed by atoms with Crippen molar-refractivity contribution >= 4 is 0 Å². The third-order valence-electron chi connectivity index (χ3n) is 4.03. The second kappa shape index (κ2) is 7.12. The van der Waals surface area contributed by atoms with Gasteiger partial charge in [0.2, 0.25) is 0 Å². The minimum Gasteiger partial charge on any atom is -0.496 e. The lowest BCUT2D eigenvalue weighted by Gasteiger charge is -2.31. The molecule has 0 saturated carbocycles. The molecule has 1 aromatic carbocycles. The zero-order valence-corrected chi connectivity index (χ0v) is 14.3. The molecule has 0 aromatic heterocycles. The van der Waals surface area contributed by atoms with Crippen LogP contribution >= 0.6 is 0 Å². The van der Waals surface area contributed by atoms with Crippen molar-refractivity contribution in [1.82, 2.24) is 5.32 Å². The number of nitrogens with one attached hydrogen (secondary N) is 1. The molecule has 0 bridgehead atoms. The quantitative estimate of drug-likeness (QED) is 0.799. The molecule has 114 valence electrons. The maximum Gasteiger partial charge on any atom is 0.122 e. The number of methoxy groups -OCH3 is 1. The smallest absolute Gasteiger partial charge is 0.122 e. The molecule has 0 heterocycles. The fourth-order valence-electron chi connectivity index (χ4n) is 3.08. The van der Waals surface area contributed by atoms with E-state index < -0.39 is 0 Å². The van der Waals surface area contributed by atoms with Crippen LogP contribution in [0.5, 0.6) is 5.75 Å². The van der Waals surface area contributed by atoms with Gasteiger partial charge in [0.05, 0.1) is 7.11 Å². The van der Waals surface area contributed by atoms with Crippen LogP contribution in [0.1, 0.15) is 57.2 Å². The van der Waals surface area contributed by atoms with E-state index >= 15 is 0 Å². The van der Waals surface area contributed by atoms with Crippen molar-refractivity contribution in [3.8, 4) is 5.75 Å². The normalized spacial score (nSPS) is 13.3. The van der Waals surface area contributed by atoms with Gasteiger partial charge in [-0.3, -0.25) is 0 Å². The highest BCUT2D eigenvalue weighted by Crippen LogP contribution is 2.34. The predicted molar refractivity (Wildman–Crippen MR) is 87.9 cm³/mol. The van der Waals surface area contributed by atoms with E-state index in [0.717, 1.165) is 18.7 Å². The molecule has 1 N–H and O–H groups in total. The van der Waals surface area contributed by atoms with Crippen molar-refractivity contribution < 1.29 is 4.74 Å². The molecule has 1 unspecified atom stereocenters. The van der Waals surface area contributed by atoms with Crippen LogP contribution < -0.4 is 10.1 Å². The lowest BCUT2D eigenvalue weighted by atomic mass is 9.76. The van der Waals surface area contributed by atoms with E-state index in [9.17, 15) is 0 Å². The Kier molecular flexibility index (Phi) is 6.07. The maximum absolute atomic E-state index is 5.42. The lowest BCUT2D eigenvalue weighted by Crippen LogP contribution is -2.34. The van der Waals surface area contributed by atoms with Gasteiger partial charge in [0.1, 0.15) is 5.75 Å². The Bertz CT molecular complexity index is 437. The number of hydrogen-bond donors (Lipinski definition) is 1. The molecule has 1 aromatic rings. The van der Waals surface area contributed by atoms with E-state index in [1.54, 1.807) is 7.11 Å². The summed E-state index contributed by atoms with van der Waals surface area (Å²) in [6, 6.07) is 4.99. The van der Waals surface area contributed by atoms with Gasteiger partial charge >= 0.3 is 0 Å². The van der Waals surface area contributed by atoms with Gasteiger partial charge in [0, 0.05) is 6.04 Å². The monoisotopic (exact) mass is 277 g/mol. The summed E-state index contributed by atoms with van der Waals surface area (Å²) in [5.41, 5.74) is 4.14. The Morgan fingerprint density at radius 3 is 2.40 bits per heavy atom. The van der Waals surface area contributed by atoms with Crippen LogP contribution in [0.25, 0.3) is 0 Å². The van der Waals surface area contributed by atoms with E-state index in [1.807, 2.05) is 0 Å². The molecule has 2 nitrogen and oxygen atoms in total. The fraction of sp³-hybridized carbons (Fsp3) is 0.667. The molecule has 0 fully saturated rings. The SMILES string of the molecule is CCCNC(C)CC(C)(C)c1cc(C)c(OC)cc1C. The molecule has 0 spiro atoms. The first-order valence-electron chi connectivity index (χ1n) is 7.71. The van der Waals surface area contributed by atoms with E-state index in [-0.39, 0.29) is 5.41 Å². The molecular formula is C18H31NO. The summed E-state index contributed by atoms with van der Waals surface area (Å²) < 4.78 is 5.42. The first-order valence-corrected chi connectivity index (χ1v) is 7.71. The first kappa shape index (κ1) is 17.0. The van der Waals surface area contributed by atoms with Crippen LogP contribution in [0.4, 0.5) is 0 Å². The largest absolute Gasteiger partial charge is 0.496 e. The minimum atomic E-state index is 0.168. The highest BCUT2D eigenvalue weighted by molar-refractivity contribution is 5.44. The van der Waals surface area contributed by atoms with Crippen molar-refractivity contribution in [3.05, 3.63) is 28.8 Å². The van der Waals surface area contributed by atoms with Crippen LogP contribution in [-0.2, 0) is 5.41 Å². The molecule has 0 aliphatic heterocycles. The molecule has 0 aliphatic rings. The van der Waals surface area contributed by atoms with Gasteiger partial charge in [-0.2, -0.15) is 0 Å². The van der Waals surface area contributed by atoms with Crippen molar-refractivity contribution in [2.45, 2.75) is 65.8 Å². The molecule has 0 aliphatic carbocycles. The average molecular weight is 277 g/mol. The fourth-order valence-corrected chi connectivity index (χ4v) is 3.08. The number of rotatable bonds is 7. The molecule has 0 amide bonds. The van der Waals surface area contributed by atoms with Crippen molar-refractivity contribution in [2.75, 3.05) is 13.7 Å². The van der Waals surface area contributed by atoms with Crippen molar-refractivity contribution in [2.24, 2.45) is 0 Å². The summed E-state index contributed by atoms with van der Waals surface area (Å²) >= 11 is 0. The topological polar surface area (TPSA) is 21.3 Å². The van der Waals surface area contributed by atoms with Crippen LogP contribution in [-0.4, -0.2) is 19.7 Å². The molecule has 2 heteroatoms. The summed E-state index contributed by atoms with van der Waals surface area (Å²) in [5, 5.41) is 3.59. The van der Waals surface area contributed by atoms with Crippen molar-refractivity contribution in [1.29, 1.82) is 0 Å². The number of hydrogen-bond acceptors (Lipinski definition) is 2. The Morgan fingerprint density at radius 1 is 1.20 bits per heavy atom. The molecule has 20 heavy (non-hydrogen) atoms. The highest BCUT2D eigenvalue weighted by Gasteiger charge is 2.25. The second-order valence-corrected chi connectivity index (χ2v) is 6.58. The van der Waals surface area contributed by atoms with Gasteiger partial charge in [-0.25, -0.2) is 0 Å². The van der Waals surface area contributed by atoms with Crippen LogP contribution in [0, 0.1) is 13.8 Å². The van der Waals surface area contributed by atoms with E-state index in [4.69, 9.17) is 4.74 Å². The first-order chi connectivity index (χ1) is 9.31. The predicted octanol–water partition coefficient (Wildman–Crippen LogP) is 4.37. The van der Waals surface area contributed by atoms with Crippen LogP contribution in [0.3, 0.4) is 0 Å². The Morgan fingerprint density at radius 2 is 1.85 bits per heavy atom. The van der Waals surface area contributed by atoms with E-state index in [1.165, 1.54) is 23.1 Å². The van der Waals surface area contributed by atoms with Gasteiger partial charge in [0.15, 0.2) is 0 Å². The Balaban J connectivity index is 2.94. The summed E-state index contributed by atoms with van der Waals surface area (Å²) in [6.07, 6.45) is 2.32. The van der Waals surface area contributed by atoms with Gasteiger partial charge < -0.3 is 10.1 Å². The number of benzene rings is 1. The lowest BCUT2D eigenvalue weighted by molar-refractivity contribution is 0.385. The van der Waals surface area contributed by atoms with Gasteiger partial charge in [-0.15, -0.1) is 0 Å². The summed E-state index contributed by atoms with van der Waals surface area (Å²) in [6.45, 7) is 14.6. The molecule has 0 radical (unpaired) electrons. The van der Waals surface area contributed by atoms with E-state index in [0.29, 0.717) is 6.04 Å².